The van der Waals surface area contributed by atoms with Crippen LogP contribution in [0.25, 0.3) is 22.4 Å². The van der Waals surface area contributed by atoms with Gasteiger partial charge in [-0.05, 0) is 41.7 Å². The Morgan fingerprint density at radius 2 is 1.90 bits per heavy atom. The van der Waals surface area contributed by atoms with Crippen LogP contribution < -0.4 is 5.73 Å². The van der Waals surface area contributed by atoms with Crippen molar-refractivity contribution < 1.29 is 0 Å². The lowest BCUT2D eigenvalue weighted by Crippen LogP contribution is -2.03. The first-order valence-electron chi connectivity index (χ1n) is 7.15. The standard InChI is InChI=1S/C18H16N2S/c1-11(19)18-20-17(10-21-18)13-6-7-16-14(9-13)8-12-4-2-3-5-15(12)16/h2-7,9-11H,8,19H2,1H3. The number of fused-ring (bicyclic) bond motifs is 3. The Kier molecular flexibility index (Phi) is 2.91. The van der Waals surface area contributed by atoms with Crippen molar-refractivity contribution in [3.05, 3.63) is 64.0 Å². The maximum atomic E-state index is 5.90. The van der Waals surface area contributed by atoms with Crippen LogP contribution in [0, 0.1) is 0 Å². The average molecular weight is 292 g/mol. The minimum atomic E-state index is 0.00225. The smallest absolute Gasteiger partial charge is 0.110 e. The molecule has 0 bridgehead atoms. The Morgan fingerprint density at radius 3 is 2.71 bits per heavy atom. The van der Waals surface area contributed by atoms with E-state index in [0.29, 0.717) is 0 Å². The van der Waals surface area contributed by atoms with E-state index in [4.69, 9.17) is 5.73 Å². The maximum absolute atomic E-state index is 5.90. The number of aromatic nitrogens is 1. The quantitative estimate of drug-likeness (QED) is 0.594. The lowest BCUT2D eigenvalue weighted by atomic mass is 10.0. The molecule has 1 heterocycles. The van der Waals surface area contributed by atoms with Crippen molar-refractivity contribution in [2.75, 3.05) is 0 Å². The summed E-state index contributed by atoms with van der Waals surface area (Å²) < 4.78 is 0. The third-order valence-corrected chi connectivity index (χ3v) is 5.05. The van der Waals surface area contributed by atoms with Crippen LogP contribution in [0.3, 0.4) is 0 Å². The van der Waals surface area contributed by atoms with Gasteiger partial charge in [-0.1, -0.05) is 36.4 Å². The first kappa shape index (κ1) is 12.7. The molecule has 2 N–H and O–H groups in total. The predicted octanol–water partition coefficient (Wildman–Crippen LogP) is 4.40. The number of benzene rings is 2. The van der Waals surface area contributed by atoms with Crippen LogP contribution in [-0.2, 0) is 6.42 Å². The fourth-order valence-electron chi connectivity index (χ4n) is 2.93. The number of nitrogens with two attached hydrogens (primary N) is 1. The molecule has 0 saturated heterocycles. The molecule has 0 spiro atoms. The molecule has 1 aliphatic carbocycles. The lowest BCUT2D eigenvalue weighted by Gasteiger charge is -2.03. The second-order valence-electron chi connectivity index (χ2n) is 5.57. The second kappa shape index (κ2) is 4.79. The summed E-state index contributed by atoms with van der Waals surface area (Å²) in [6, 6.07) is 15.3. The molecular weight excluding hydrogens is 276 g/mol. The summed E-state index contributed by atoms with van der Waals surface area (Å²) in [5.74, 6) is 0. The summed E-state index contributed by atoms with van der Waals surface area (Å²) in [7, 11) is 0. The Labute approximate surface area is 128 Å². The van der Waals surface area contributed by atoms with E-state index in [1.807, 2.05) is 6.92 Å². The topological polar surface area (TPSA) is 38.9 Å². The summed E-state index contributed by atoms with van der Waals surface area (Å²) in [6.45, 7) is 1.97. The van der Waals surface area contributed by atoms with Crippen molar-refractivity contribution in [2.45, 2.75) is 19.4 Å². The van der Waals surface area contributed by atoms with Gasteiger partial charge in [-0.2, -0.15) is 0 Å². The van der Waals surface area contributed by atoms with Crippen LogP contribution in [0.1, 0.15) is 29.1 Å². The van der Waals surface area contributed by atoms with Crippen molar-refractivity contribution in [3.63, 3.8) is 0 Å². The third-order valence-electron chi connectivity index (χ3n) is 4.00. The molecule has 1 atom stereocenters. The van der Waals surface area contributed by atoms with Gasteiger partial charge in [0.15, 0.2) is 0 Å². The molecule has 0 radical (unpaired) electrons. The van der Waals surface area contributed by atoms with Gasteiger partial charge in [0.1, 0.15) is 5.01 Å². The Morgan fingerprint density at radius 1 is 1.10 bits per heavy atom. The fourth-order valence-corrected chi connectivity index (χ4v) is 3.72. The van der Waals surface area contributed by atoms with Gasteiger partial charge in [0.05, 0.1) is 11.7 Å². The highest BCUT2D eigenvalue weighted by Crippen LogP contribution is 2.38. The molecule has 0 saturated carbocycles. The van der Waals surface area contributed by atoms with E-state index in [9.17, 15) is 0 Å². The fraction of sp³-hybridized carbons (Fsp3) is 0.167. The SMILES string of the molecule is CC(N)c1nc(-c2ccc3c(c2)Cc2ccccc2-3)cs1. The normalized spacial score (nSPS) is 13.8. The minimum Gasteiger partial charge on any atom is -0.322 e. The van der Waals surface area contributed by atoms with E-state index >= 15 is 0 Å². The zero-order valence-electron chi connectivity index (χ0n) is 11.8. The van der Waals surface area contributed by atoms with Gasteiger partial charge >= 0.3 is 0 Å². The van der Waals surface area contributed by atoms with Gasteiger partial charge in [-0.3, -0.25) is 0 Å². The number of rotatable bonds is 2. The second-order valence-corrected chi connectivity index (χ2v) is 6.46. The summed E-state index contributed by atoms with van der Waals surface area (Å²) in [6.07, 6.45) is 1.02. The Hall–Kier alpha value is -1.97. The van der Waals surface area contributed by atoms with Crippen LogP contribution in [0.5, 0.6) is 0 Å². The predicted molar refractivity (Wildman–Crippen MR) is 88.4 cm³/mol. The van der Waals surface area contributed by atoms with Gasteiger partial charge in [0.2, 0.25) is 0 Å². The Bertz CT molecular complexity index is 818. The molecule has 1 aliphatic rings. The first-order valence-corrected chi connectivity index (χ1v) is 8.03. The maximum Gasteiger partial charge on any atom is 0.110 e. The van der Waals surface area contributed by atoms with E-state index in [1.54, 1.807) is 11.3 Å². The van der Waals surface area contributed by atoms with Crippen LogP contribution in [0.15, 0.2) is 47.8 Å². The molecule has 2 aromatic carbocycles. The van der Waals surface area contributed by atoms with E-state index in [1.165, 1.54) is 27.8 Å². The van der Waals surface area contributed by atoms with Crippen molar-refractivity contribution in [1.82, 2.24) is 4.98 Å². The van der Waals surface area contributed by atoms with E-state index in [-0.39, 0.29) is 6.04 Å². The van der Waals surface area contributed by atoms with Crippen LogP contribution >= 0.6 is 11.3 Å². The van der Waals surface area contributed by atoms with Crippen LogP contribution in [0.4, 0.5) is 0 Å². The van der Waals surface area contributed by atoms with Gasteiger partial charge in [-0.25, -0.2) is 4.98 Å². The number of hydrogen-bond donors (Lipinski definition) is 1. The van der Waals surface area contributed by atoms with Crippen molar-refractivity contribution in [2.24, 2.45) is 5.73 Å². The van der Waals surface area contributed by atoms with Crippen molar-refractivity contribution >= 4 is 11.3 Å². The van der Waals surface area contributed by atoms with Gasteiger partial charge in [-0.15, -0.1) is 11.3 Å². The molecule has 104 valence electrons. The van der Waals surface area contributed by atoms with E-state index in [2.05, 4.69) is 52.8 Å². The summed E-state index contributed by atoms with van der Waals surface area (Å²) >= 11 is 1.64. The molecule has 2 nitrogen and oxygen atoms in total. The molecule has 21 heavy (non-hydrogen) atoms. The van der Waals surface area contributed by atoms with Crippen LogP contribution in [-0.4, -0.2) is 4.98 Å². The van der Waals surface area contributed by atoms with Crippen LogP contribution in [0.2, 0.25) is 0 Å². The highest BCUT2D eigenvalue weighted by molar-refractivity contribution is 7.10. The number of hydrogen-bond acceptors (Lipinski definition) is 3. The van der Waals surface area contributed by atoms with Crippen molar-refractivity contribution in [1.29, 1.82) is 0 Å². The van der Waals surface area contributed by atoms with Gasteiger partial charge < -0.3 is 5.73 Å². The van der Waals surface area contributed by atoms with E-state index in [0.717, 1.165) is 17.1 Å². The first-order chi connectivity index (χ1) is 10.2. The van der Waals surface area contributed by atoms with Gasteiger partial charge in [0, 0.05) is 10.9 Å². The number of thiazole rings is 1. The molecule has 0 aliphatic heterocycles. The largest absolute Gasteiger partial charge is 0.322 e. The molecule has 0 fully saturated rings. The van der Waals surface area contributed by atoms with Crippen molar-refractivity contribution in [3.8, 4) is 22.4 Å². The summed E-state index contributed by atoms with van der Waals surface area (Å²) in [4.78, 5) is 4.65. The molecule has 3 heteroatoms. The zero-order chi connectivity index (χ0) is 14.4. The highest BCUT2D eigenvalue weighted by Gasteiger charge is 2.18. The lowest BCUT2D eigenvalue weighted by molar-refractivity contribution is 0.808. The zero-order valence-corrected chi connectivity index (χ0v) is 12.7. The third kappa shape index (κ3) is 2.09. The number of nitrogens with zero attached hydrogens (tertiary/aromatic N) is 1. The summed E-state index contributed by atoms with van der Waals surface area (Å²) in [5, 5.41) is 3.09. The molecule has 1 unspecified atom stereocenters. The molecule has 4 rings (SSSR count). The van der Waals surface area contributed by atoms with E-state index < -0.39 is 0 Å². The molecule has 1 aromatic heterocycles. The Balaban J connectivity index is 1.76. The monoisotopic (exact) mass is 292 g/mol. The minimum absolute atomic E-state index is 0.00225. The highest BCUT2D eigenvalue weighted by atomic mass is 32.1. The summed E-state index contributed by atoms with van der Waals surface area (Å²) in [5.41, 5.74) is 13.7. The van der Waals surface area contributed by atoms with Gasteiger partial charge in [0.25, 0.3) is 0 Å². The molecule has 3 aromatic rings. The average Bonchev–Trinajstić information content (AvgIpc) is 3.11. The molecule has 0 amide bonds. The molecular formula is C18H16N2S.